The zero-order valence-corrected chi connectivity index (χ0v) is 12.4. The molecule has 0 fully saturated rings. The van der Waals surface area contributed by atoms with Gasteiger partial charge in [-0.25, -0.2) is 0 Å². The Morgan fingerprint density at radius 3 is 2.90 bits per heavy atom. The van der Waals surface area contributed by atoms with E-state index in [0.29, 0.717) is 26.3 Å². The van der Waals surface area contributed by atoms with E-state index in [1.807, 2.05) is 38.1 Å². The van der Waals surface area contributed by atoms with Gasteiger partial charge in [-0.3, -0.25) is 4.79 Å². The van der Waals surface area contributed by atoms with Crippen LogP contribution >= 0.6 is 0 Å². The van der Waals surface area contributed by atoms with Crippen LogP contribution in [0.5, 0.6) is 5.75 Å². The van der Waals surface area contributed by atoms with E-state index in [0.717, 1.165) is 11.3 Å². The highest BCUT2D eigenvalue weighted by molar-refractivity contribution is 5.78. The second-order valence-electron chi connectivity index (χ2n) is 4.46. The third-order valence-electron chi connectivity index (χ3n) is 2.82. The Bertz CT molecular complexity index is 410. The molecule has 1 aromatic carbocycles. The van der Waals surface area contributed by atoms with E-state index < -0.39 is 0 Å². The summed E-state index contributed by atoms with van der Waals surface area (Å²) in [6.45, 7) is 6.09. The van der Waals surface area contributed by atoms with Crippen molar-refractivity contribution in [3.63, 3.8) is 0 Å². The molecule has 1 atom stereocenters. The highest BCUT2D eigenvalue weighted by atomic mass is 16.5. The zero-order valence-electron chi connectivity index (χ0n) is 12.4. The van der Waals surface area contributed by atoms with Crippen LogP contribution in [0.15, 0.2) is 24.3 Å². The van der Waals surface area contributed by atoms with Gasteiger partial charge < -0.3 is 20.1 Å². The fourth-order valence-electron chi connectivity index (χ4n) is 1.79. The molecule has 20 heavy (non-hydrogen) atoms. The van der Waals surface area contributed by atoms with Crippen LogP contribution in [0.4, 0.5) is 0 Å². The first-order chi connectivity index (χ1) is 9.67. The fraction of sp³-hybridized carbons (Fsp3) is 0.533. The van der Waals surface area contributed by atoms with Crippen molar-refractivity contribution in [3.05, 3.63) is 29.8 Å². The van der Waals surface area contributed by atoms with Gasteiger partial charge in [0.2, 0.25) is 5.91 Å². The van der Waals surface area contributed by atoms with E-state index in [-0.39, 0.29) is 11.9 Å². The number of rotatable bonds is 9. The lowest BCUT2D eigenvalue weighted by Crippen LogP contribution is -2.36. The van der Waals surface area contributed by atoms with E-state index in [9.17, 15) is 4.79 Å². The molecule has 1 aromatic rings. The largest absolute Gasteiger partial charge is 0.494 e. The van der Waals surface area contributed by atoms with Crippen molar-refractivity contribution in [2.75, 3.05) is 33.4 Å². The molecule has 1 amide bonds. The van der Waals surface area contributed by atoms with Gasteiger partial charge >= 0.3 is 0 Å². The first-order valence-corrected chi connectivity index (χ1v) is 6.89. The number of carbonyl (C=O) groups is 1. The van der Waals surface area contributed by atoms with Gasteiger partial charge in [0.05, 0.1) is 25.8 Å². The summed E-state index contributed by atoms with van der Waals surface area (Å²) in [7, 11) is 1.63. The fourth-order valence-corrected chi connectivity index (χ4v) is 1.79. The molecule has 5 heteroatoms. The number of hydrogen-bond acceptors (Lipinski definition) is 4. The van der Waals surface area contributed by atoms with Gasteiger partial charge in [-0.1, -0.05) is 12.1 Å². The minimum atomic E-state index is -0.0490. The summed E-state index contributed by atoms with van der Waals surface area (Å²) in [6.07, 6.45) is 0. The van der Waals surface area contributed by atoms with Gasteiger partial charge in [-0.05, 0) is 31.5 Å². The lowest BCUT2D eigenvalue weighted by molar-refractivity contribution is -0.120. The predicted octanol–water partition coefficient (Wildman–Crippen LogP) is 1.50. The Morgan fingerprint density at radius 2 is 2.20 bits per heavy atom. The van der Waals surface area contributed by atoms with Crippen molar-refractivity contribution in [1.82, 2.24) is 10.6 Å². The molecule has 0 aliphatic carbocycles. The number of ether oxygens (including phenoxy) is 2. The molecule has 0 saturated heterocycles. The third-order valence-corrected chi connectivity index (χ3v) is 2.82. The SMILES string of the molecule is CCOc1cccc(C(C)NC(=O)CNCCOC)c1. The number of methoxy groups -OCH3 is 1. The standard InChI is InChI=1S/C15H24N2O3/c1-4-20-14-7-5-6-13(10-14)12(2)17-15(18)11-16-8-9-19-3/h5-7,10,12,16H,4,8-9,11H2,1-3H3,(H,17,18). The number of benzene rings is 1. The first-order valence-electron chi connectivity index (χ1n) is 6.89. The first kappa shape index (κ1) is 16.5. The van der Waals surface area contributed by atoms with E-state index in [1.165, 1.54) is 0 Å². The summed E-state index contributed by atoms with van der Waals surface area (Å²) in [4.78, 5) is 11.8. The average Bonchev–Trinajstić information content (AvgIpc) is 2.44. The van der Waals surface area contributed by atoms with Crippen LogP contribution in [0.2, 0.25) is 0 Å². The smallest absolute Gasteiger partial charge is 0.234 e. The molecular formula is C15H24N2O3. The molecule has 0 radical (unpaired) electrons. The predicted molar refractivity (Wildman–Crippen MR) is 78.9 cm³/mol. The normalized spacial score (nSPS) is 11.9. The maximum absolute atomic E-state index is 11.8. The van der Waals surface area contributed by atoms with Crippen molar-refractivity contribution < 1.29 is 14.3 Å². The highest BCUT2D eigenvalue weighted by Gasteiger charge is 2.09. The molecule has 5 nitrogen and oxygen atoms in total. The summed E-state index contributed by atoms with van der Waals surface area (Å²) in [6, 6.07) is 7.72. The minimum Gasteiger partial charge on any atom is -0.494 e. The molecule has 0 spiro atoms. The quantitative estimate of drug-likeness (QED) is 0.673. The van der Waals surface area contributed by atoms with Gasteiger partial charge in [-0.2, -0.15) is 0 Å². The zero-order chi connectivity index (χ0) is 14.8. The van der Waals surface area contributed by atoms with Crippen LogP contribution in [0.25, 0.3) is 0 Å². The Labute approximate surface area is 120 Å². The summed E-state index contributed by atoms with van der Waals surface area (Å²) in [5.41, 5.74) is 1.03. The van der Waals surface area contributed by atoms with E-state index >= 15 is 0 Å². The maximum Gasteiger partial charge on any atom is 0.234 e. The summed E-state index contributed by atoms with van der Waals surface area (Å²) < 4.78 is 10.4. The van der Waals surface area contributed by atoms with E-state index in [4.69, 9.17) is 9.47 Å². The molecule has 0 aliphatic heterocycles. The number of amides is 1. The molecule has 0 heterocycles. The van der Waals surface area contributed by atoms with Crippen molar-refractivity contribution >= 4 is 5.91 Å². The minimum absolute atomic E-state index is 0.0320. The van der Waals surface area contributed by atoms with E-state index in [2.05, 4.69) is 10.6 Å². The molecule has 1 rings (SSSR count). The lowest BCUT2D eigenvalue weighted by atomic mass is 10.1. The lowest BCUT2D eigenvalue weighted by Gasteiger charge is -2.15. The average molecular weight is 280 g/mol. The number of hydrogen-bond donors (Lipinski definition) is 2. The molecule has 0 aliphatic rings. The van der Waals surface area contributed by atoms with Crippen LogP contribution in [0.1, 0.15) is 25.5 Å². The number of nitrogens with one attached hydrogen (secondary N) is 2. The molecule has 112 valence electrons. The van der Waals surface area contributed by atoms with Gasteiger partial charge in [0.25, 0.3) is 0 Å². The molecule has 0 aromatic heterocycles. The van der Waals surface area contributed by atoms with E-state index in [1.54, 1.807) is 7.11 Å². The second-order valence-corrected chi connectivity index (χ2v) is 4.46. The summed E-state index contributed by atoms with van der Waals surface area (Å²) in [5.74, 6) is 0.791. The maximum atomic E-state index is 11.8. The van der Waals surface area contributed by atoms with Crippen molar-refractivity contribution in [2.24, 2.45) is 0 Å². The van der Waals surface area contributed by atoms with Crippen LogP contribution in [0, 0.1) is 0 Å². The number of carbonyl (C=O) groups excluding carboxylic acids is 1. The van der Waals surface area contributed by atoms with Crippen LogP contribution in [-0.2, 0) is 9.53 Å². The topological polar surface area (TPSA) is 59.6 Å². The van der Waals surface area contributed by atoms with Crippen LogP contribution in [0.3, 0.4) is 0 Å². The van der Waals surface area contributed by atoms with Crippen molar-refractivity contribution in [1.29, 1.82) is 0 Å². The Kier molecular flexibility index (Phi) is 7.69. The highest BCUT2D eigenvalue weighted by Crippen LogP contribution is 2.18. The summed E-state index contributed by atoms with van der Waals surface area (Å²) in [5, 5.41) is 5.96. The molecular weight excluding hydrogens is 256 g/mol. The van der Waals surface area contributed by atoms with Gasteiger partial charge in [0.15, 0.2) is 0 Å². The van der Waals surface area contributed by atoms with Gasteiger partial charge in [0, 0.05) is 13.7 Å². The molecule has 0 saturated carbocycles. The van der Waals surface area contributed by atoms with Gasteiger partial charge in [-0.15, -0.1) is 0 Å². The molecule has 0 bridgehead atoms. The van der Waals surface area contributed by atoms with Gasteiger partial charge in [0.1, 0.15) is 5.75 Å². The second kappa shape index (κ2) is 9.34. The Hall–Kier alpha value is -1.59. The van der Waals surface area contributed by atoms with Crippen molar-refractivity contribution in [3.8, 4) is 5.75 Å². The molecule has 1 unspecified atom stereocenters. The Balaban J connectivity index is 2.43. The third kappa shape index (κ3) is 6.04. The monoisotopic (exact) mass is 280 g/mol. The van der Waals surface area contributed by atoms with Crippen molar-refractivity contribution in [2.45, 2.75) is 19.9 Å². The van der Waals surface area contributed by atoms with Crippen LogP contribution < -0.4 is 15.4 Å². The Morgan fingerprint density at radius 1 is 1.40 bits per heavy atom. The molecule has 2 N–H and O–H groups in total. The summed E-state index contributed by atoms with van der Waals surface area (Å²) >= 11 is 0. The van der Waals surface area contributed by atoms with Crippen LogP contribution in [-0.4, -0.2) is 39.3 Å².